The molecule has 0 aliphatic carbocycles. The maximum atomic E-state index is 5.09. The summed E-state index contributed by atoms with van der Waals surface area (Å²) < 4.78 is 2.30. The van der Waals surface area contributed by atoms with Crippen LogP contribution in [-0.2, 0) is 0 Å². The second-order valence-electron chi connectivity index (χ2n) is 9.38. The van der Waals surface area contributed by atoms with Gasteiger partial charge >= 0.3 is 0 Å². The summed E-state index contributed by atoms with van der Waals surface area (Å²) in [7, 11) is 0. The molecule has 0 fully saturated rings. The third-order valence-electron chi connectivity index (χ3n) is 7.30. The molecule has 0 atom stereocenters. The van der Waals surface area contributed by atoms with Crippen LogP contribution in [0, 0.1) is 0 Å². The molecule has 3 heterocycles. The molecular weight excluding hydrogens is 450 g/mol. The van der Waals surface area contributed by atoms with E-state index >= 15 is 0 Å². The first-order valence-electron chi connectivity index (χ1n) is 12.7. The highest BCUT2D eigenvalue weighted by Gasteiger charge is 2.17. The number of imidazole rings is 1. The van der Waals surface area contributed by atoms with Gasteiger partial charge in [-0.3, -0.25) is 9.38 Å². The number of hydrogen-bond donors (Lipinski definition) is 0. The SMILES string of the molecule is C/C=C\C(=C/C)c1ccc(-c2ccc3c(c2)c2ccc4cccnc4c2c2nc4ccccc4n32)cc1. The van der Waals surface area contributed by atoms with Crippen LogP contribution in [0.5, 0.6) is 0 Å². The van der Waals surface area contributed by atoms with Crippen molar-refractivity contribution in [2.24, 2.45) is 0 Å². The minimum Gasteiger partial charge on any atom is -0.292 e. The second kappa shape index (κ2) is 8.42. The number of hydrogen-bond acceptors (Lipinski definition) is 2. The normalized spacial score (nSPS) is 12.6. The number of fused-ring (bicyclic) bond motifs is 10. The van der Waals surface area contributed by atoms with Gasteiger partial charge in [-0.05, 0) is 71.8 Å². The van der Waals surface area contributed by atoms with E-state index in [0.717, 1.165) is 38.5 Å². The second-order valence-corrected chi connectivity index (χ2v) is 9.38. The summed E-state index contributed by atoms with van der Waals surface area (Å²) in [4.78, 5) is 9.89. The van der Waals surface area contributed by atoms with Gasteiger partial charge < -0.3 is 0 Å². The Bertz CT molecular complexity index is 2040. The first kappa shape index (κ1) is 21.5. The van der Waals surface area contributed by atoms with Crippen molar-refractivity contribution < 1.29 is 0 Å². The number of benzene rings is 4. The molecule has 37 heavy (non-hydrogen) atoms. The molecule has 0 aliphatic heterocycles. The van der Waals surface area contributed by atoms with Gasteiger partial charge in [0.25, 0.3) is 0 Å². The van der Waals surface area contributed by atoms with Crippen LogP contribution in [0.4, 0.5) is 0 Å². The molecule has 7 aromatic rings. The number of pyridine rings is 2. The van der Waals surface area contributed by atoms with E-state index in [1.807, 2.05) is 18.3 Å². The predicted octanol–water partition coefficient (Wildman–Crippen LogP) is 8.99. The van der Waals surface area contributed by atoms with Gasteiger partial charge in [0.15, 0.2) is 0 Å². The zero-order valence-electron chi connectivity index (χ0n) is 20.8. The van der Waals surface area contributed by atoms with Crippen molar-refractivity contribution in [2.45, 2.75) is 13.8 Å². The van der Waals surface area contributed by atoms with Gasteiger partial charge in [-0.1, -0.05) is 78.9 Å². The van der Waals surface area contributed by atoms with Crippen molar-refractivity contribution in [3.05, 3.63) is 121 Å². The van der Waals surface area contributed by atoms with Crippen LogP contribution in [0.3, 0.4) is 0 Å². The summed E-state index contributed by atoms with van der Waals surface area (Å²) in [5.41, 5.74) is 10.0. The average Bonchev–Trinajstić information content (AvgIpc) is 3.35. The molecule has 0 spiro atoms. The highest BCUT2D eigenvalue weighted by atomic mass is 15.0. The molecule has 3 aromatic heterocycles. The topological polar surface area (TPSA) is 30.2 Å². The van der Waals surface area contributed by atoms with Gasteiger partial charge in [-0.2, -0.15) is 0 Å². The molecule has 3 heteroatoms. The van der Waals surface area contributed by atoms with Crippen LogP contribution in [0.15, 0.2) is 115 Å². The van der Waals surface area contributed by atoms with Crippen molar-refractivity contribution in [1.29, 1.82) is 0 Å². The van der Waals surface area contributed by atoms with Gasteiger partial charge in [0.05, 0.1) is 27.5 Å². The van der Waals surface area contributed by atoms with Crippen LogP contribution in [-0.4, -0.2) is 14.4 Å². The minimum atomic E-state index is 0.952. The number of nitrogens with zero attached hydrogens (tertiary/aromatic N) is 3. The summed E-state index contributed by atoms with van der Waals surface area (Å²) in [6.07, 6.45) is 8.25. The van der Waals surface area contributed by atoms with Crippen LogP contribution in [0.2, 0.25) is 0 Å². The highest BCUT2D eigenvalue weighted by Crippen LogP contribution is 2.37. The third kappa shape index (κ3) is 3.28. The molecule has 0 unspecified atom stereocenters. The Morgan fingerprint density at radius 3 is 2.43 bits per heavy atom. The molecule has 4 aromatic carbocycles. The van der Waals surface area contributed by atoms with Gasteiger partial charge in [0.2, 0.25) is 0 Å². The summed E-state index contributed by atoms with van der Waals surface area (Å²) in [6.45, 7) is 4.13. The molecule has 3 nitrogen and oxygen atoms in total. The lowest BCUT2D eigenvalue weighted by atomic mass is 9.96. The van der Waals surface area contributed by atoms with Crippen molar-refractivity contribution in [3.8, 4) is 11.1 Å². The lowest BCUT2D eigenvalue weighted by Gasteiger charge is -2.13. The standard InChI is InChI=1S/C34H25N3/c1-3-8-22(4-2)23-12-14-24(15-13-23)26-17-19-30-28(21-26)27-18-16-25-9-7-20-35-33(25)32(27)34-36-29-10-5-6-11-31(29)37(30)34/h3-21H,1-2H3/b8-3-,22-4+. The van der Waals surface area contributed by atoms with Gasteiger partial charge in [-0.25, -0.2) is 4.98 Å². The van der Waals surface area contributed by atoms with E-state index in [1.165, 1.54) is 33.0 Å². The average molecular weight is 476 g/mol. The molecule has 0 radical (unpaired) electrons. The predicted molar refractivity (Wildman–Crippen MR) is 157 cm³/mol. The van der Waals surface area contributed by atoms with Gasteiger partial charge in [-0.15, -0.1) is 0 Å². The monoisotopic (exact) mass is 475 g/mol. The minimum absolute atomic E-state index is 0.952. The van der Waals surface area contributed by atoms with Crippen LogP contribution >= 0.6 is 0 Å². The highest BCUT2D eigenvalue weighted by molar-refractivity contribution is 6.22. The number of aromatic nitrogens is 3. The van der Waals surface area contributed by atoms with Crippen molar-refractivity contribution in [3.63, 3.8) is 0 Å². The zero-order chi connectivity index (χ0) is 24.9. The van der Waals surface area contributed by atoms with Crippen LogP contribution in [0.25, 0.3) is 66.0 Å². The van der Waals surface area contributed by atoms with E-state index in [4.69, 9.17) is 9.97 Å². The van der Waals surface area contributed by atoms with E-state index in [1.54, 1.807) is 0 Å². The van der Waals surface area contributed by atoms with Gasteiger partial charge in [0.1, 0.15) is 5.65 Å². The zero-order valence-corrected chi connectivity index (χ0v) is 20.8. The summed E-state index contributed by atoms with van der Waals surface area (Å²) >= 11 is 0. The Morgan fingerprint density at radius 2 is 1.59 bits per heavy atom. The van der Waals surface area contributed by atoms with E-state index in [9.17, 15) is 0 Å². The Hall–Kier alpha value is -4.76. The number of allylic oxidation sites excluding steroid dienone is 4. The number of rotatable bonds is 3. The van der Waals surface area contributed by atoms with Crippen LogP contribution < -0.4 is 0 Å². The maximum absolute atomic E-state index is 5.09. The molecule has 0 saturated heterocycles. The maximum Gasteiger partial charge on any atom is 0.148 e. The van der Waals surface area contributed by atoms with E-state index in [2.05, 4.69) is 115 Å². The van der Waals surface area contributed by atoms with E-state index in [-0.39, 0.29) is 0 Å². The smallest absolute Gasteiger partial charge is 0.148 e. The fourth-order valence-corrected chi connectivity index (χ4v) is 5.55. The Labute approximate surface area is 215 Å². The molecule has 0 aliphatic rings. The van der Waals surface area contributed by atoms with E-state index < -0.39 is 0 Å². The molecule has 7 rings (SSSR count). The fraction of sp³-hybridized carbons (Fsp3) is 0.0588. The molecular formula is C34H25N3. The fourth-order valence-electron chi connectivity index (χ4n) is 5.55. The molecule has 176 valence electrons. The van der Waals surface area contributed by atoms with Crippen LogP contribution in [0.1, 0.15) is 19.4 Å². The number of para-hydroxylation sites is 2. The van der Waals surface area contributed by atoms with Crippen molar-refractivity contribution in [2.75, 3.05) is 0 Å². The largest absolute Gasteiger partial charge is 0.292 e. The first-order valence-corrected chi connectivity index (χ1v) is 12.7. The lowest BCUT2D eigenvalue weighted by molar-refractivity contribution is 1.31. The quantitative estimate of drug-likeness (QED) is 0.188. The summed E-state index contributed by atoms with van der Waals surface area (Å²) in [5.74, 6) is 0. The molecule has 0 saturated carbocycles. The van der Waals surface area contributed by atoms with Crippen molar-refractivity contribution in [1.82, 2.24) is 14.4 Å². The summed E-state index contributed by atoms with van der Waals surface area (Å²) in [5, 5.41) is 4.59. The van der Waals surface area contributed by atoms with Gasteiger partial charge in [0, 0.05) is 17.0 Å². The Balaban J connectivity index is 1.55. The molecule has 0 N–H and O–H groups in total. The molecule has 0 bridgehead atoms. The first-order chi connectivity index (χ1) is 18.3. The summed E-state index contributed by atoms with van der Waals surface area (Å²) in [6, 6.07) is 32.5. The Kier molecular flexibility index (Phi) is 4.90. The third-order valence-corrected chi connectivity index (χ3v) is 7.30. The lowest BCUT2D eigenvalue weighted by Crippen LogP contribution is -1.94. The Morgan fingerprint density at radius 1 is 0.757 bits per heavy atom. The molecule has 0 amide bonds. The van der Waals surface area contributed by atoms with Crippen molar-refractivity contribution >= 4 is 54.8 Å². The van der Waals surface area contributed by atoms with E-state index in [0.29, 0.717) is 0 Å².